The fourth-order valence-electron chi connectivity index (χ4n) is 3.26. The van der Waals surface area contributed by atoms with Crippen LogP contribution in [0.25, 0.3) is 11.0 Å². The van der Waals surface area contributed by atoms with E-state index < -0.39 is 0 Å². The van der Waals surface area contributed by atoms with Crippen molar-refractivity contribution in [3.8, 4) is 0 Å². The molecule has 0 saturated heterocycles. The van der Waals surface area contributed by atoms with Crippen LogP contribution in [0.3, 0.4) is 0 Å². The Bertz CT molecular complexity index is 593. The van der Waals surface area contributed by atoms with E-state index in [9.17, 15) is 0 Å². The quantitative estimate of drug-likeness (QED) is 0.679. The molecule has 1 aliphatic carbocycles. The zero-order valence-corrected chi connectivity index (χ0v) is 13.4. The predicted octanol–water partition coefficient (Wildman–Crippen LogP) is 5.29. The van der Waals surface area contributed by atoms with Gasteiger partial charge in [0.2, 0.25) is 0 Å². The summed E-state index contributed by atoms with van der Waals surface area (Å²) in [7, 11) is 0. The van der Waals surface area contributed by atoms with Crippen LogP contribution < -0.4 is 0 Å². The van der Waals surface area contributed by atoms with Crippen molar-refractivity contribution < 1.29 is 0 Å². The van der Waals surface area contributed by atoms with E-state index in [1.165, 1.54) is 31.2 Å². The summed E-state index contributed by atoms with van der Waals surface area (Å²) in [5.74, 6) is 2.19. The number of halogens is 2. The van der Waals surface area contributed by atoms with Crippen molar-refractivity contribution >= 4 is 38.6 Å². The molecule has 0 radical (unpaired) electrons. The highest BCUT2D eigenvalue weighted by molar-refractivity contribution is 9.10. The van der Waals surface area contributed by atoms with Gasteiger partial charge in [0.05, 0.1) is 16.9 Å². The van der Waals surface area contributed by atoms with Gasteiger partial charge in [0.15, 0.2) is 0 Å². The molecule has 0 N–H and O–H groups in total. The van der Waals surface area contributed by atoms with Crippen molar-refractivity contribution in [2.24, 2.45) is 5.92 Å². The summed E-state index contributed by atoms with van der Waals surface area (Å²) in [6.07, 6.45) is 5.21. The molecule has 0 bridgehead atoms. The third-order valence-electron chi connectivity index (χ3n) is 4.24. The molecule has 3 rings (SSSR count). The van der Waals surface area contributed by atoms with Gasteiger partial charge in [0.1, 0.15) is 5.82 Å². The smallest absolute Gasteiger partial charge is 0.125 e. The summed E-state index contributed by atoms with van der Waals surface area (Å²) in [6.45, 7) is 2.35. The van der Waals surface area contributed by atoms with Crippen LogP contribution in [-0.4, -0.2) is 9.55 Å². The van der Waals surface area contributed by atoms with Crippen LogP contribution in [0.5, 0.6) is 0 Å². The van der Waals surface area contributed by atoms with Crippen molar-refractivity contribution in [1.82, 2.24) is 9.55 Å². The van der Waals surface area contributed by atoms with Gasteiger partial charge in [-0.1, -0.05) is 35.7 Å². The average Bonchev–Trinajstić information content (AvgIpc) is 2.77. The van der Waals surface area contributed by atoms with Crippen molar-refractivity contribution in [1.29, 1.82) is 0 Å². The summed E-state index contributed by atoms with van der Waals surface area (Å²) in [5, 5.41) is 0. The lowest BCUT2D eigenvalue weighted by Crippen LogP contribution is -2.22. The van der Waals surface area contributed by atoms with Crippen LogP contribution in [0, 0.1) is 5.92 Å². The number of aromatic nitrogens is 2. The van der Waals surface area contributed by atoms with E-state index in [0.29, 0.717) is 17.8 Å². The molecule has 4 heteroatoms. The first-order chi connectivity index (χ1) is 9.20. The zero-order chi connectivity index (χ0) is 13.4. The lowest BCUT2D eigenvalue weighted by molar-refractivity contribution is 0.258. The maximum absolute atomic E-state index is 6.12. The Kier molecular flexibility index (Phi) is 3.86. The van der Waals surface area contributed by atoms with Gasteiger partial charge in [0, 0.05) is 10.5 Å². The van der Waals surface area contributed by atoms with E-state index in [0.717, 1.165) is 15.8 Å². The topological polar surface area (TPSA) is 17.8 Å². The lowest BCUT2D eigenvalue weighted by atomic mass is 9.85. The van der Waals surface area contributed by atoms with E-state index >= 15 is 0 Å². The SMILES string of the molecule is CC1CCCCC1n1c(CCl)nc2ccc(Br)cc21. The van der Waals surface area contributed by atoms with E-state index in [1.807, 2.05) is 6.07 Å². The molecule has 1 aromatic carbocycles. The van der Waals surface area contributed by atoms with E-state index in [2.05, 4.69) is 39.6 Å². The Balaban J connectivity index is 2.16. The monoisotopic (exact) mass is 340 g/mol. The molecular formula is C15H18BrClN2. The first-order valence-electron chi connectivity index (χ1n) is 6.93. The molecule has 2 nitrogen and oxygen atoms in total. The first-order valence-corrected chi connectivity index (χ1v) is 8.26. The van der Waals surface area contributed by atoms with Crippen molar-refractivity contribution in [3.05, 3.63) is 28.5 Å². The third kappa shape index (κ3) is 2.43. The molecule has 1 aromatic heterocycles. The van der Waals surface area contributed by atoms with Gasteiger partial charge in [-0.15, -0.1) is 11.6 Å². The van der Waals surface area contributed by atoms with Crippen LogP contribution in [0.1, 0.15) is 44.5 Å². The predicted molar refractivity (Wildman–Crippen MR) is 83.7 cm³/mol. The number of hydrogen-bond donors (Lipinski definition) is 0. The summed E-state index contributed by atoms with van der Waals surface area (Å²) in [4.78, 5) is 4.69. The second kappa shape index (κ2) is 5.45. The Labute approximate surface area is 127 Å². The molecule has 2 aromatic rings. The molecule has 0 aliphatic heterocycles. The molecule has 0 amide bonds. The van der Waals surface area contributed by atoms with Crippen molar-refractivity contribution in [2.75, 3.05) is 0 Å². The van der Waals surface area contributed by atoms with E-state index in [1.54, 1.807) is 0 Å². The summed E-state index contributed by atoms with van der Waals surface area (Å²) >= 11 is 9.68. The molecule has 1 heterocycles. The van der Waals surface area contributed by atoms with Crippen LogP contribution in [0.2, 0.25) is 0 Å². The number of imidazole rings is 1. The summed E-state index contributed by atoms with van der Waals surface area (Å²) in [5.41, 5.74) is 2.26. The standard InChI is InChI=1S/C15H18BrClN2/c1-10-4-2-3-5-13(10)19-14-8-11(16)6-7-12(14)18-15(19)9-17/h6-8,10,13H,2-5,9H2,1H3. The maximum atomic E-state index is 6.12. The Morgan fingerprint density at radius 1 is 1.37 bits per heavy atom. The summed E-state index contributed by atoms with van der Waals surface area (Å²) in [6, 6.07) is 6.82. The Morgan fingerprint density at radius 3 is 2.89 bits per heavy atom. The Morgan fingerprint density at radius 2 is 2.16 bits per heavy atom. The second-order valence-corrected chi connectivity index (χ2v) is 6.68. The maximum Gasteiger partial charge on any atom is 0.125 e. The van der Waals surface area contributed by atoms with E-state index in [4.69, 9.17) is 16.6 Å². The molecule has 2 atom stereocenters. The fourth-order valence-corrected chi connectivity index (χ4v) is 3.80. The highest BCUT2D eigenvalue weighted by atomic mass is 79.9. The molecule has 0 spiro atoms. The lowest BCUT2D eigenvalue weighted by Gasteiger charge is -2.31. The number of hydrogen-bond acceptors (Lipinski definition) is 1. The van der Waals surface area contributed by atoms with Gasteiger partial charge >= 0.3 is 0 Å². The number of fused-ring (bicyclic) bond motifs is 1. The average molecular weight is 342 g/mol. The number of benzene rings is 1. The minimum Gasteiger partial charge on any atom is -0.324 e. The summed E-state index contributed by atoms with van der Waals surface area (Å²) < 4.78 is 3.49. The molecule has 2 unspecified atom stereocenters. The first kappa shape index (κ1) is 13.4. The second-order valence-electron chi connectivity index (χ2n) is 5.49. The van der Waals surface area contributed by atoms with Gasteiger partial charge in [0.25, 0.3) is 0 Å². The minimum absolute atomic E-state index is 0.482. The molecular weight excluding hydrogens is 324 g/mol. The van der Waals surface area contributed by atoms with Gasteiger partial charge < -0.3 is 4.57 Å². The zero-order valence-electron chi connectivity index (χ0n) is 11.1. The molecule has 1 saturated carbocycles. The number of nitrogens with zero attached hydrogens (tertiary/aromatic N) is 2. The third-order valence-corrected chi connectivity index (χ3v) is 4.97. The van der Waals surface area contributed by atoms with Crippen LogP contribution >= 0.6 is 27.5 Å². The highest BCUT2D eigenvalue weighted by Crippen LogP contribution is 2.37. The molecule has 1 aliphatic rings. The van der Waals surface area contributed by atoms with Gasteiger partial charge in [-0.25, -0.2) is 4.98 Å². The van der Waals surface area contributed by atoms with Crippen LogP contribution in [-0.2, 0) is 5.88 Å². The van der Waals surface area contributed by atoms with Crippen LogP contribution in [0.15, 0.2) is 22.7 Å². The fraction of sp³-hybridized carbons (Fsp3) is 0.533. The number of alkyl halides is 1. The highest BCUT2D eigenvalue weighted by Gasteiger charge is 2.26. The Hall–Kier alpha value is -0.540. The van der Waals surface area contributed by atoms with Crippen molar-refractivity contribution in [3.63, 3.8) is 0 Å². The van der Waals surface area contributed by atoms with Crippen molar-refractivity contribution in [2.45, 2.75) is 44.5 Å². The largest absolute Gasteiger partial charge is 0.324 e. The molecule has 1 fully saturated rings. The van der Waals surface area contributed by atoms with E-state index in [-0.39, 0.29) is 0 Å². The molecule has 19 heavy (non-hydrogen) atoms. The normalized spacial score (nSPS) is 23.9. The van der Waals surface area contributed by atoms with Gasteiger partial charge in [-0.2, -0.15) is 0 Å². The van der Waals surface area contributed by atoms with Crippen LogP contribution in [0.4, 0.5) is 0 Å². The molecule has 102 valence electrons. The minimum atomic E-state index is 0.482. The van der Waals surface area contributed by atoms with Gasteiger partial charge in [-0.3, -0.25) is 0 Å². The number of rotatable bonds is 2. The van der Waals surface area contributed by atoms with Gasteiger partial charge in [-0.05, 0) is 37.0 Å².